The maximum Gasteiger partial charge on any atom is 0.266 e. The number of rotatable bonds is 12. The molecule has 7 rings (SSSR count). The summed E-state index contributed by atoms with van der Waals surface area (Å²) in [6, 6.07) is 38.6. The number of nitrogens with zero attached hydrogens (tertiary/aromatic N) is 2. The van der Waals surface area contributed by atoms with E-state index in [4.69, 9.17) is 18.9 Å². The third-order valence-electron chi connectivity index (χ3n) is 11.2. The number of para-hydroxylation sites is 3. The largest absolute Gasteiger partial charge is 0.497 e. The molecule has 0 bridgehead atoms. The van der Waals surface area contributed by atoms with E-state index < -0.39 is 14.2 Å². The van der Waals surface area contributed by atoms with Gasteiger partial charge in [-0.05, 0) is 60.2 Å². The Morgan fingerprint density at radius 1 is 0.873 bits per heavy atom. The van der Waals surface area contributed by atoms with Gasteiger partial charge in [0.25, 0.3) is 5.91 Å². The molecular weight excluding hydrogens is 709 g/mol. The van der Waals surface area contributed by atoms with Gasteiger partial charge in [0.05, 0.1) is 44.8 Å². The molecule has 0 fully saturated rings. The van der Waals surface area contributed by atoms with Gasteiger partial charge in [-0.15, -0.1) is 0 Å². The molecule has 2 heterocycles. The maximum absolute atomic E-state index is 14.4. The van der Waals surface area contributed by atoms with Crippen molar-refractivity contribution >= 4 is 36.4 Å². The smallest absolute Gasteiger partial charge is 0.266 e. The summed E-state index contributed by atoms with van der Waals surface area (Å²) in [4.78, 5) is 32.1. The van der Waals surface area contributed by atoms with Crippen molar-refractivity contribution in [3.8, 4) is 23.0 Å². The van der Waals surface area contributed by atoms with Gasteiger partial charge in [0.1, 0.15) is 23.4 Å². The van der Waals surface area contributed by atoms with Gasteiger partial charge in [0.2, 0.25) is 5.91 Å². The van der Waals surface area contributed by atoms with Gasteiger partial charge in [-0.25, -0.2) is 0 Å². The number of hydrogen-bond acceptors (Lipinski definition) is 7. The van der Waals surface area contributed by atoms with Crippen molar-refractivity contribution in [2.45, 2.75) is 50.7 Å². The molecule has 284 valence electrons. The van der Waals surface area contributed by atoms with E-state index in [9.17, 15) is 14.7 Å². The van der Waals surface area contributed by atoms with E-state index in [1.807, 2.05) is 97.1 Å². The Morgan fingerprint density at radius 3 is 2.27 bits per heavy atom. The number of anilines is 2. The Kier molecular flexibility index (Phi) is 11.1. The minimum atomic E-state index is -2.50. The van der Waals surface area contributed by atoms with E-state index in [1.54, 1.807) is 36.2 Å². The van der Waals surface area contributed by atoms with E-state index in [-0.39, 0.29) is 48.9 Å². The maximum atomic E-state index is 14.4. The van der Waals surface area contributed by atoms with Crippen molar-refractivity contribution in [3.63, 3.8) is 0 Å². The van der Waals surface area contributed by atoms with E-state index in [0.717, 1.165) is 16.9 Å². The van der Waals surface area contributed by atoms with Crippen LogP contribution in [-0.4, -0.2) is 63.4 Å². The highest BCUT2D eigenvalue weighted by Crippen LogP contribution is 2.50. The summed E-state index contributed by atoms with van der Waals surface area (Å²) >= 11 is 0. The molecule has 0 radical (unpaired) electrons. The third-order valence-corrected chi connectivity index (χ3v) is 15.4. The van der Waals surface area contributed by atoms with Crippen LogP contribution in [0.4, 0.5) is 11.4 Å². The van der Waals surface area contributed by atoms with Crippen LogP contribution in [0.3, 0.4) is 0 Å². The zero-order chi connectivity index (χ0) is 38.7. The molecule has 55 heavy (non-hydrogen) atoms. The van der Waals surface area contributed by atoms with Crippen LogP contribution in [0.5, 0.6) is 23.0 Å². The average molecular weight is 757 g/mol. The molecule has 9 nitrogen and oxygen atoms in total. The molecule has 0 saturated heterocycles. The minimum absolute atomic E-state index is 0.0382. The SMILES string of the molecule is COc1ccc([Si](C)(C)C(CC(=O)N(CCO)Cc2ccccc2)[C@@H]2Oc3ccc(N4C(=O)c5ccccc5Oc5ccccc54)cc3[C@H](OC)[C@H]2C)cc1. The van der Waals surface area contributed by atoms with Gasteiger partial charge < -0.3 is 29.0 Å². The summed E-state index contributed by atoms with van der Waals surface area (Å²) in [6.45, 7) is 7.20. The lowest BCUT2D eigenvalue weighted by Crippen LogP contribution is -2.55. The highest BCUT2D eigenvalue weighted by Gasteiger charge is 2.48. The van der Waals surface area contributed by atoms with Crippen molar-refractivity contribution in [1.29, 1.82) is 0 Å². The van der Waals surface area contributed by atoms with Crippen molar-refractivity contribution in [3.05, 3.63) is 138 Å². The summed E-state index contributed by atoms with van der Waals surface area (Å²) in [5, 5.41) is 11.2. The number of hydrogen-bond donors (Lipinski definition) is 1. The van der Waals surface area contributed by atoms with E-state index in [0.29, 0.717) is 40.7 Å². The van der Waals surface area contributed by atoms with E-state index >= 15 is 0 Å². The first-order chi connectivity index (χ1) is 26.6. The van der Waals surface area contributed by atoms with Crippen LogP contribution in [0, 0.1) is 5.92 Å². The Hall–Kier alpha value is -5.42. The van der Waals surface area contributed by atoms with Gasteiger partial charge in [-0.3, -0.25) is 14.5 Å². The van der Waals surface area contributed by atoms with Crippen molar-refractivity contribution in [2.75, 3.05) is 32.3 Å². The third kappa shape index (κ3) is 7.49. The Balaban J connectivity index is 1.27. The van der Waals surface area contributed by atoms with Crippen LogP contribution >= 0.6 is 0 Å². The molecule has 2 aliphatic heterocycles. The van der Waals surface area contributed by atoms with Crippen molar-refractivity contribution < 1.29 is 33.6 Å². The van der Waals surface area contributed by atoms with Crippen LogP contribution in [-0.2, 0) is 16.1 Å². The Bertz CT molecular complexity index is 2140. The lowest BCUT2D eigenvalue weighted by molar-refractivity contribution is -0.133. The van der Waals surface area contributed by atoms with Crippen LogP contribution in [0.15, 0.2) is 121 Å². The van der Waals surface area contributed by atoms with Gasteiger partial charge >= 0.3 is 0 Å². The highest BCUT2D eigenvalue weighted by atomic mass is 28.3. The number of aliphatic hydroxyl groups excluding tert-OH is 1. The molecule has 0 spiro atoms. The van der Waals surface area contributed by atoms with Crippen molar-refractivity contribution in [2.24, 2.45) is 5.92 Å². The summed E-state index contributed by atoms with van der Waals surface area (Å²) in [7, 11) is 0.854. The Morgan fingerprint density at radius 2 is 1.56 bits per heavy atom. The van der Waals surface area contributed by atoms with Gasteiger partial charge in [-0.1, -0.05) is 91.9 Å². The van der Waals surface area contributed by atoms with Gasteiger partial charge in [-0.2, -0.15) is 0 Å². The van der Waals surface area contributed by atoms with E-state index in [1.165, 1.54) is 5.19 Å². The molecule has 1 unspecified atom stereocenters. The number of carbonyl (C=O) groups is 2. The number of fused-ring (bicyclic) bond motifs is 3. The second-order valence-electron chi connectivity index (χ2n) is 14.8. The first-order valence-electron chi connectivity index (χ1n) is 18.8. The second-order valence-corrected chi connectivity index (χ2v) is 19.6. The normalized spacial score (nSPS) is 18.1. The number of amides is 2. The summed E-state index contributed by atoms with van der Waals surface area (Å²) in [5.41, 5.74) is 3.40. The molecule has 2 aliphatic rings. The molecule has 0 saturated carbocycles. The number of ether oxygens (including phenoxy) is 4. The topological polar surface area (TPSA) is 97.8 Å². The molecule has 5 aromatic carbocycles. The fraction of sp³-hybridized carbons (Fsp3) is 0.289. The molecule has 4 atom stereocenters. The summed E-state index contributed by atoms with van der Waals surface area (Å²) in [6.07, 6.45) is -0.551. The summed E-state index contributed by atoms with van der Waals surface area (Å²) < 4.78 is 25.1. The fourth-order valence-corrected chi connectivity index (χ4v) is 11.5. The zero-order valence-electron chi connectivity index (χ0n) is 32.0. The van der Waals surface area contributed by atoms with Gasteiger partial charge in [0.15, 0.2) is 5.75 Å². The number of benzene rings is 5. The van der Waals surface area contributed by atoms with E-state index in [2.05, 4.69) is 32.2 Å². The van der Waals surface area contributed by atoms with Crippen molar-refractivity contribution in [1.82, 2.24) is 4.90 Å². The number of carbonyl (C=O) groups excluding carboxylic acids is 2. The molecule has 0 aromatic heterocycles. The lowest BCUT2D eigenvalue weighted by atomic mass is 9.86. The predicted molar refractivity (Wildman–Crippen MR) is 217 cm³/mol. The zero-order valence-corrected chi connectivity index (χ0v) is 33.0. The Labute approximate surface area is 324 Å². The van der Waals surface area contributed by atoms with Crippen LogP contribution < -0.4 is 24.3 Å². The van der Waals surface area contributed by atoms with Gasteiger partial charge in [0, 0.05) is 43.6 Å². The van der Waals surface area contributed by atoms with Crippen LogP contribution in [0.2, 0.25) is 18.6 Å². The summed E-state index contributed by atoms with van der Waals surface area (Å²) in [5.74, 6) is 2.08. The number of methoxy groups -OCH3 is 2. The first kappa shape index (κ1) is 37.9. The highest BCUT2D eigenvalue weighted by molar-refractivity contribution is 6.91. The first-order valence-corrected chi connectivity index (χ1v) is 21.8. The quantitative estimate of drug-likeness (QED) is 0.128. The van der Waals surface area contributed by atoms with Crippen LogP contribution in [0.25, 0.3) is 0 Å². The molecule has 10 heteroatoms. The monoisotopic (exact) mass is 756 g/mol. The molecular formula is C45H48N2O7Si. The molecule has 5 aromatic rings. The number of aliphatic hydroxyl groups is 1. The average Bonchev–Trinajstić information content (AvgIpc) is 3.33. The molecule has 2 amide bonds. The minimum Gasteiger partial charge on any atom is -0.497 e. The fourth-order valence-electron chi connectivity index (χ4n) is 8.12. The lowest BCUT2D eigenvalue weighted by Gasteiger charge is -2.46. The molecule has 0 aliphatic carbocycles. The predicted octanol–water partition coefficient (Wildman–Crippen LogP) is 8.26. The van der Waals surface area contributed by atoms with Crippen LogP contribution in [0.1, 0.15) is 40.9 Å². The second kappa shape index (κ2) is 16.1. The standard InChI is InChI=1S/C45H48N2O7Si/c1-30-43(52-3)36-27-32(47-37-16-10-12-18-40(37)53-38-17-11-9-15-35(38)45(47)50)19-24-39(36)54-44(30)41(55(4,5)34-22-20-33(51-2)21-23-34)28-42(49)46(25-26-48)29-31-13-7-6-8-14-31/h6-24,27,30,41,43-44,48H,25-26,28-29H2,1-5H3/t30-,41?,43-,44-/m1/s1. The molecule has 1 N–H and O–H groups in total.